The number of amides is 1. The first-order valence-electron chi connectivity index (χ1n) is 7.85. The van der Waals surface area contributed by atoms with Crippen molar-refractivity contribution < 1.29 is 13.2 Å². The summed E-state index contributed by atoms with van der Waals surface area (Å²) in [5.74, 6) is 0.0611. The van der Waals surface area contributed by atoms with E-state index < -0.39 is 15.9 Å². The van der Waals surface area contributed by atoms with Crippen molar-refractivity contribution in [1.82, 2.24) is 14.5 Å². The minimum Gasteiger partial charge on any atom is -0.310 e. The van der Waals surface area contributed by atoms with E-state index in [1.54, 1.807) is 22.2 Å². The fourth-order valence-corrected chi connectivity index (χ4v) is 4.38. The van der Waals surface area contributed by atoms with Crippen LogP contribution in [-0.2, 0) is 21.4 Å². The van der Waals surface area contributed by atoms with Crippen molar-refractivity contribution in [3.63, 3.8) is 0 Å². The summed E-state index contributed by atoms with van der Waals surface area (Å²) in [6.45, 7) is 1.98. The highest BCUT2D eigenvalue weighted by Gasteiger charge is 2.17. The highest BCUT2D eigenvalue weighted by atomic mass is 32.2. The van der Waals surface area contributed by atoms with E-state index >= 15 is 0 Å². The minimum absolute atomic E-state index is 0.176. The van der Waals surface area contributed by atoms with Gasteiger partial charge in [-0.1, -0.05) is 36.4 Å². The molecule has 3 aromatic rings. The lowest BCUT2D eigenvalue weighted by molar-refractivity contribution is -0.115. The zero-order valence-electron chi connectivity index (χ0n) is 14.0. The first kappa shape index (κ1) is 18.3. The number of sulfonamides is 1. The molecule has 26 heavy (non-hydrogen) atoms. The normalized spacial score (nSPS) is 11.4. The highest BCUT2D eigenvalue weighted by Crippen LogP contribution is 2.15. The summed E-state index contributed by atoms with van der Waals surface area (Å²) in [5, 5.41) is 8.75. The van der Waals surface area contributed by atoms with Gasteiger partial charge in [0.15, 0.2) is 0 Å². The van der Waals surface area contributed by atoms with Crippen LogP contribution in [0.4, 0.5) is 5.82 Å². The monoisotopic (exact) mass is 390 g/mol. The van der Waals surface area contributed by atoms with Crippen LogP contribution in [0, 0.1) is 6.92 Å². The summed E-state index contributed by atoms with van der Waals surface area (Å²) in [6, 6.07) is 14.6. The van der Waals surface area contributed by atoms with Gasteiger partial charge in [-0.05, 0) is 23.9 Å². The van der Waals surface area contributed by atoms with Crippen LogP contribution in [0.1, 0.15) is 11.3 Å². The number of aromatic nitrogens is 2. The van der Waals surface area contributed by atoms with Crippen LogP contribution in [0.25, 0.3) is 0 Å². The summed E-state index contributed by atoms with van der Waals surface area (Å²) < 4.78 is 28.3. The predicted octanol–water partition coefficient (Wildman–Crippen LogP) is 2.22. The number of nitrogens with zero attached hydrogens (tertiary/aromatic N) is 2. The molecule has 0 radical (unpaired) electrons. The van der Waals surface area contributed by atoms with Crippen molar-refractivity contribution in [3.8, 4) is 0 Å². The van der Waals surface area contributed by atoms with Crippen molar-refractivity contribution in [3.05, 3.63) is 65.2 Å². The van der Waals surface area contributed by atoms with Crippen molar-refractivity contribution in [2.75, 3.05) is 11.9 Å². The average molecular weight is 390 g/mol. The number of carbonyl (C=O) groups is 1. The first-order chi connectivity index (χ1) is 12.4. The number of aryl methyl sites for hydroxylation is 1. The van der Waals surface area contributed by atoms with Crippen molar-refractivity contribution in [2.24, 2.45) is 0 Å². The van der Waals surface area contributed by atoms with Gasteiger partial charge in [-0.25, -0.2) is 17.8 Å². The van der Waals surface area contributed by atoms with Gasteiger partial charge in [0.25, 0.3) is 10.0 Å². The van der Waals surface area contributed by atoms with Gasteiger partial charge in [0.05, 0.1) is 18.8 Å². The third-order valence-electron chi connectivity index (χ3n) is 3.53. The minimum atomic E-state index is -3.67. The quantitative estimate of drug-likeness (QED) is 0.647. The number of benzene rings is 1. The zero-order chi connectivity index (χ0) is 18.6. The number of thiophene rings is 1. The molecule has 0 aliphatic heterocycles. The maximum Gasteiger partial charge on any atom is 0.250 e. The molecule has 2 aromatic heterocycles. The molecule has 0 aliphatic carbocycles. The molecule has 1 amide bonds. The zero-order valence-corrected chi connectivity index (χ0v) is 15.7. The Morgan fingerprint density at radius 1 is 1.19 bits per heavy atom. The van der Waals surface area contributed by atoms with E-state index in [9.17, 15) is 13.2 Å². The van der Waals surface area contributed by atoms with Gasteiger partial charge in [0.1, 0.15) is 10.0 Å². The average Bonchev–Trinajstić information content (AvgIpc) is 3.25. The van der Waals surface area contributed by atoms with E-state index in [2.05, 4.69) is 15.1 Å². The molecule has 0 bridgehead atoms. The van der Waals surface area contributed by atoms with Crippen LogP contribution >= 0.6 is 11.3 Å². The highest BCUT2D eigenvalue weighted by molar-refractivity contribution is 7.91. The van der Waals surface area contributed by atoms with Crippen molar-refractivity contribution in [1.29, 1.82) is 0 Å². The van der Waals surface area contributed by atoms with E-state index in [4.69, 9.17) is 0 Å². The number of hydrogen-bond donors (Lipinski definition) is 2. The topological polar surface area (TPSA) is 93.1 Å². The molecule has 3 rings (SSSR count). The Balaban J connectivity index is 1.64. The van der Waals surface area contributed by atoms with Crippen LogP contribution in [-0.4, -0.2) is 30.7 Å². The van der Waals surface area contributed by atoms with E-state index in [1.807, 2.05) is 37.3 Å². The standard InChI is InChI=1S/C17H18N4O3S2/c1-13-10-15(21(20-13)12-14-6-3-2-4-7-14)19-16(22)11-18-26(23,24)17-8-5-9-25-17/h2-10,18H,11-12H2,1H3,(H,19,22). The fourth-order valence-electron chi connectivity index (χ4n) is 2.36. The van der Waals surface area contributed by atoms with Crippen LogP contribution < -0.4 is 10.0 Å². The van der Waals surface area contributed by atoms with E-state index in [0.29, 0.717) is 12.4 Å². The van der Waals surface area contributed by atoms with Gasteiger partial charge < -0.3 is 5.32 Å². The van der Waals surface area contributed by atoms with Crippen LogP contribution in [0.3, 0.4) is 0 Å². The number of hydrogen-bond acceptors (Lipinski definition) is 5. The summed E-state index contributed by atoms with van der Waals surface area (Å²) in [7, 11) is -3.67. The van der Waals surface area contributed by atoms with Crippen LogP contribution in [0.2, 0.25) is 0 Å². The molecular weight excluding hydrogens is 372 g/mol. The van der Waals surface area contributed by atoms with Gasteiger partial charge in [-0.15, -0.1) is 11.3 Å². The molecule has 0 spiro atoms. The molecular formula is C17H18N4O3S2. The molecule has 0 saturated heterocycles. The first-order valence-corrected chi connectivity index (χ1v) is 10.2. The maximum absolute atomic E-state index is 12.2. The second kappa shape index (κ2) is 7.81. The summed E-state index contributed by atoms with van der Waals surface area (Å²) in [4.78, 5) is 12.2. The SMILES string of the molecule is Cc1cc(NC(=O)CNS(=O)(=O)c2cccs2)n(Cc2ccccc2)n1. The Hall–Kier alpha value is -2.49. The molecule has 0 unspecified atom stereocenters. The maximum atomic E-state index is 12.2. The van der Waals surface area contributed by atoms with Crippen LogP contribution in [0.5, 0.6) is 0 Å². The largest absolute Gasteiger partial charge is 0.310 e. The molecule has 2 heterocycles. The van der Waals surface area contributed by atoms with Gasteiger partial charge in [0.2, 0.25) is 5.91 Å². The van der Waals surface area contributed by atoms with E-state index in [0.717, 1.165) is 22.6 Å². The molecule has 1 aromatic carbocycles. The molecule has 9 heteroatoms. The Bertz CT molecular complexity index is 980. The van der Waals surface area contributed by atoms with E-state index in [1.165, 1.54) is 6.07 Å². The number of nitrogens with one attached hydrogen (secondary N) is 2. The van der Waals surface area contributed by atoms with Crippen molar-refractivity contribution in [2.45, 2.75) is 17.7 Å². The van der Waals surface area contributed by atoms with Gasteiger partial charge in [0, 0.05) is 6.07 Å². The molecule has 7 nitrogen and oxygen atoms in total. The molecule has 0 saturated carbocycles. The third kappa shape index (κ3) is 4.57. The molecule has 0 aliphatic rings. The second-order valence-corrected chi connectivity index (χ2v) is 8.56. The summed E-state index contributed by atoms with van der Waals surface area (Å²) in [5.41, 5.74) is 1.81. The van der Waals surface area contributed by atoms with Gasteiger partial charge in [-0.2, -0.15) is 5.10 Å². The lowest BCUT2D eigenvalue weighted by Gasteiger charge is -2.09. The fraction of sp³-hybridized carbons (Fsp3) is 0.176. The Labute approximate surface area is 155 Å². The smallest absolute Gasteiger partial charge is 0.250 e. The second-order valence-electron chi connectivity index (χ2n) is 5.62. The molecule has 0 fully saturated rings. The van der Waals surface area contributed by atoms with Crippen molar-refractivity contribution >= 4 is 33.1 Å². The van der Waals surface area contributed by atoms with Gasteiger partial charge in [-0.3, -0.25) is 4.79 Å². The number of carbonyl (C=O) groups excluding carboxylic acids is 1. The molecule has 136 valence electrons. The summed E-state index contributed by atoms with van der Waals surface area (Å²) >= 11 is 1.10. The van der Waals surface area contributed by atoms with Gasteiger partial charge >= 0.3 is 0 Å². The Kier molecular flexibility index (Phi) is 5.50. The summed E-state index contributed by atoms with van der Waals surface area (Å²) in [6.07, 6.45) is 0. The lowest BCUT2D eigenvalue weighted by Crippen LogP contribution is -2.33. The van der Waals surface area contributed by atoms with E-state index in [-0.39, 0.29) is 10.8 Å². The molecule has 2 N–H and O–H groups in total. The Morgan fingerprint density at radius 3 is 2.65 bits per heavy atom. The van der Waals surface area contributed by atoms with Crippen LogP contribution in [0.15, 0.2) is 58.1 Å². The number of rotatable bonds is 7. The third-order valence-corrected chi connectivity index (χ3v) is 6.33. The predicted molar refractivity (Wildman–Crippen MR) is 101 cm³/mol. The molecule has 0 atom stereocenters. The lowest BCUT2D eigenvalue weighted by atomic mass is 10.2. The number of anilines is 1. The Morgan fingerprint density at radius 2 is 1.96 bits per heavy atom.